The fraction of sp³-hybridized carbons (Fsp3) is 0.550. The first-order chi connectivity index (χ1) is 11.6. The van der Waals surface area contributed by atoms with E-state index in [1.165, 1.54) is 25.7 Å². The van der Waals surface area contributed by atoms with Crippen molar-refractivity contribution in [2.24, 2.45) is 5.92 Å². The summed E-state index contributed by atoms with van der Waals surface area (Å²) in [6, 6.07) is 7.68. The molecule has 1 saturated carbocycles. The van der Waals surface area contributed by atoms with E-state index in [0.717, 1.165) is 24.0 Å². The minimum atomic E-state index is -0.642. The van der Waals surface area contributed by atoms with Gasteiger partial charge in [-0.2, -0.15) is 0 Å². The summed E-state index contributed by atoms with van der Waals surface area (Å²) in [5.74, 6) is 0.147. The first-order valence-electron chi connectivity index (χ1n) is 8.97. The molecule has 2 unspecified atom stereocenters. The van der Waals surface area contributed by atoms with Crippen molar-refractivity contribution in [3.8, 4) is 0 Å². The predicted molar refractivity (Wildman–Crippen MR) is 95.7 cm³/mol. The monoisotopic (exact) mass is 348 g/mol. The van der Waals surface area contributed by atoms with Crippen LogP contribution in [-0.2, 0) is 9.53 Å². The third kappa shape index (κ3) is 4.40. The summed E-state index contributed by atoms with van der Waals surface area (Å²) in [5.41, 5.74) is 1.87. The maximum Gasteiger partial charge on any atom is 0.309 e. The minimum Gasteiger partial charge on any atom is -0.457 e. The van der Waals surface area contributed by atoms with E-state index in [4.69, 9.17) is 16.3 Å². The first-order valence-corrected chi connectivity index (χ1v) is 9.35. The molecule has 130 valence electrons. The Kier molecular flexibility index (Phi) is 5.96. The summed E-state index contributed by atoms with van der Waals surface area (Å²) in [6.07, 6.45) is 9.11. The smallest absolute Gasteiger partial charge is 0.309 e. The quantitative estimate of drug-likeness (QED) is 0.632. The van der Waals surface area contributed by atoms with Gasteiger partial charge in [-0.15, -0.1) is 0 Å². The fourth-order valence-electron chi connectivity index (χ4n) is 3.77. The number of cyclic esters (lactones) is 1. The van der Waals surface area contributed by atoms with Gasteiger partial charge >= 0.3 is 5.97 Å². The Labute approximate surface area is 148 Å². The molecule has 1 heterocycles. The molecule has 0 radical (unpaired) electrons. The van der Waals surface area contributed by atoms with Gasteiger partial charge in [-0.25, -0.2) is 0 Å². The zero-order valence-electron chi connectivity index (χ0n) is 13.9. The largest absolute Gasteiger partial charge is 0.457 e. The summed E-state index contributed by atoms with van der Waals surface area (Å²) in [5, 5.41) is 10.7. The number of halogens is 1. The lowest BCUT2D eigenvalue weighted by atomic mass is 9.88. The third-order valence-corrected chi connectivity index (χ3v) is 5.34. The Morgan fingerprint density at radius 1 is 1.17 bits per heavy atom. The van der Waals surface area contributed by atoms with Crippen LogP contribution in [0.3, 0.4) is 0 Å². The number of esters is 1. The molecule has 3 rings (SSSR count). The van der Waals surface area contributed by atoms with Crippen molar-refractivity contribution in [3.05, 3.63) is 40.9 Å². The van der Waals surface area contributed by atoms with E-state index in [-0.39, 0.29) is 12.4 Å². The van der Waals surface area contributed by atoms with Crippen molar-refractivity contribution < 1.29 is 14.6 Å². The molecular formula is C20H25ClO3. The highest BCUT2D eigenvalue weighted by atomic mass is 35.5. The molecule has 0 amide bonds. The van der Waals surface area contributed by atoms with Gasteiger partial charge in [0.05, 0.1) is 12.5 Å². The third-order valence-electron chi connectivity index (χ3n) is 5.01. The average molecular weight is 349 g/mol. The van der Waals surface area contributed by atoms with Gasteiger partial charge in [-0.05, 0) is 36.0 Å². The van der Waals surface area contributed by atoms with Crippen molar-refractivity contribution in [3.63, 3.8) is 0 Å². The Balaban J connectivity index is 1.94. The maximum absolute atomic E-state index is 11.8. The maximum atomic E-state index is 11.8. The van der Waals surface area contributed by atoms with Gasteiger partial charge in [0.2, 0.25) is 0 Å². The van der Waals surface area contributed by atoms with Crippen LogP contribution < -0.4 is 0 Å². The number of benzene rings is 1. The van der Waals surface area contributed by atoms with Gasteiger partial charge in [0, 0.05) is 11.4 Å². The molecule has 24 heavy (non-hydrogen) atoms. The molecule has 0 aromatic heterocycles. The Hall–Kier alpha value is -1.32. The van der Waals surface area contributed by atoms with Crippen molar-refractivity contribution in [1.82, 2.24) is 0 Å². The zero-order chi connectivity index (χ0) is 16.9. The van der Waals surface area contributed by atoms with Crippen LogP contribution in [0.5, 0.6) is 0 Å². The Morgan fingerprint density at radius 2 is 1.88 bits per heavy atom. The topological polar surface area (TPSA) is 46.5 Å². The van der Waals surface area contributed by atoms with Crippen LogP contribution in [0.4, 0.5) is 0 Å². The second-order valence-electron chi connectivity index (χ2n) is 6.93. The van der Waals surface area contributed by atoms with Gasteiger partial charge in [0.15, 0.2) is 0 Å². The molecule has 1 aromatic carbocycles. The lowest BCUT2D eigenvalue weighted by molar-refractivity contribution is -0.155. The number of aliphatic hydroxyl groups excluding tert-OH is 1. The molecule has 1 saturated heterocycles. The van der Waals surface area contributed by atoms with E-state index in [2.05, 4.69) is 6.08 Å². The zero-order valence-corrected chi connectivity index (χ0v) is 14.7. The first kappa shape index (κ1) is 17.5. The molecule has 3 nitrogen and oxygen atoms in total. The summed E-state index contributed by atoms with van der Waals surface area (Å²) in [7, 11) is 0. The van der Waals surface area contributed by atoms with Crippen LogP contribution >= 0.6 is 11.6 Å². The molecule has 2 atom stereocenters. The molecule has 1 aromatic rings. The van der Waals surface area contributed by atoms with Crippen LogP contribution in [0.2, 0.25) is 5.02 Å². The van der Waals surface area contributed by atoms with E-state index in [1.54, 1.807) is 0 Å². The lowest BCUT2D eigenvalue weighted by Gasteiger charge is -2.29. The molecule has 0 spiro atoms. The number of rotatable bonds is 3. The number of carbonyl (C=O) groups is 1. The van der Waals surface area contributed by atoms with E-state index < -0.39 is 12.2 Å². The molecule has 1 aliphatic heterocycles. The second kappa shape index (κ2) is 8.17. The summed E-state index contributed by atoms with van der Waals surface area (Å²) >= 11 is 6.42. The number of carbonyl (C=O) groups excluding carboxylic acids is 1. The number of aliphatic hydroxyl groups is 1. The van der Waals surface area contributed by atoms with Crippen molar-refractivity contribution >= 4 is 23.1 Å². The Bertz CT molecular complexity index is 603. The Morgan fingerprint density at radius 3 is 2.54 bits per heavy atom. The second-order valence-corrected chi connectivity index (χ2v) is 7.33. The number of allylic oxidation sites excluding steroid dienone is 1. The van der Waals surface area contributed by atoms with Crippen LogP contribution in [0.25, 0.3) is 5.57 Å². The van der Waals surface area contributed by atoms with Gasteiger partial charge in [0.1, 0.15) is 6.10 Å². The standard InChI is InChI=1S/C20H25ClO3/c21-18-10-6-5-9-16(18)17(11-14-7-3-1-2-4-8-14)19-12-15(22)13-20(23)24-19/h5-6,9-11,14-15,19,22H,1-4,7-8,12-13H2. The predicted octanol–water partition coefficient (Wildman–Crippen LogP) is 4.76. The van der Waals surface area contributed by atoms with E-state index >= 15 is 0 Å². The van der Waals surface area contributed by atoms with Crippen molar-refractivity contribution in [1.29, 1.82) is 0 Å². The number of hydrogen-bond donors (Lipinski definition) is 1. The fourth-order valence-corrected chi connectivity index (χ4v) is 4.01. The minimum absolute atomic E-state index is 0.0791. The highest BCUT2D eigenvalue weighted by Crippen LogP contribution is 2.35. The normalized spacial score (nSPS) is 26.8. The SMILES string of the molecule is O=C1CC(O)CC(C(=CC2CCCCCC2)c2ccccc2Cl)O1. The van der Waals surface area contributed by atoms with Gasteiger partial charge < -0.3 is 9.84 Å². The van der Waals surface area contributed by atoms with Crippen LogP contribution in [0, 0.1) is 5.92 Å². The van der Waals surface area contributed by atoms with Gasteiger partial charge in [-0.1, -0.05) is 61.6 Å². The van der Waals surface area contributed by atoms with Crippen molar-refractivity contribution in [2.75, 3.05) is 0 Å². The molecule has 2 fully saturated rings. The summed E-state index contributed by atoms with van der Waals surface area (Å²) in [6.45, 7) is 0. The highest BCUT2D eigenvalue weighted by molar-refractivity contribution is 6.32. The van der Waals surface area contributed by atoms with E-state index in [9.17, 15) is 9.90 Å². The average Bonchev–Trinajstić information content (AvgIpc) is 2.81. The lowest BCUT2D eigenvalue weighted by Crippen LogP contribution is -2.33. The van der Waals surface area contributed by atoms with Gasteiger partial charge in [-0.3, -0.25) is 4.79 Å². The van der Waals surface area contributed by atoms with Crippen LogP contribution in [0.1, 0.15) is 56.9 Å². The number of hydrogen-bond acceptors (Lipinski definition) is 3. The highest BCUT2D eigenvalue weighted by Gasteiger charge is 2.31. The molecule has 4 heteroatoms. The number of ether oxygens (including phenoxy) is 1. The molecule has 0 bridgehead atoms. The summed E-state index contributed by atoms with van der Waals surface area (Å²) in [4.78, 5) is 11.8. The van der Waals surface area contributed by atoms with Crippen molar-refractivity contribution in [2.45, 2.75) is 63.6 Å². The van der Waals surface area contributed by atoms with Crippen LogP contribution in [0.15, 0.2) is 30.3 Å². The van der Waals surface area contributed by atoms with Crippen LogP contribution in [-0.4, -0.2) is 23.3 Å². The van der Waals surface area contributed by atoms with Gasteiger partial charge in [0.25, 0.3) is 0 Å². The molecule has 1 aliphatic carbocycles. The molecule has 1 N–H and O–H groups in total. The molecule has 2 aliphatic rings. The summed E-state index contributed by atoms with van der Waals surface area (Å²) < 4.78 is 5.58. The van der Waals surface area contributed by atoms with E-state index in [0.29, 0.717) is 17.4 Å². The van der Waals surface area contributed by atoms with E-state index in [1.807, 2.05) is 24.3 Å². The molecular weight excluding hydrogens is 324 g/mol.